The summed E-state index contributed by atoms with van der Waals surface area (Å²) in [6, 6.07) is 0. The summed E-state index contributed by atoms with van der Waals surface area (Å²) in [5.41, 5.74) is 0. The van der Waals surface area contributed by atoms with E-state index in [2.05, 4.69) is 9.47 Å². The maximum atomic E-state index is 12.5. The third-order valence-corrected chi connectivity index (χ3v) is 3.71. The number of quaternary nitrogens is 1. The van der Waals surface area contributed by atoms with E-state index in [0.29, 0.717) is 11.0 Å². The molecule has 0 bridgehead atoms. The van der Waals surface area contributed by atoms with Gasteiger partial charge in [-0.15, -0.1) is 0 Å². The van der Waals surface area contributed by atoms with Crippen molar-refractivity contribution >= 4 is 35.8 Å². The number of carbonyl (C=O) groups excluding carboxylic acids is 6. The zero-order valence-electron chi connectivity index (χ0n) is 20.6. The Balaban J connectivity index is 5.23. The van der Waals surface area contributed by atoms with Crippen molar-refractivity contribution in [2.24, 2.45) is 0 Å². The molecule has 0 aromatic rings. The molecule has 0 aliphatic rings. The number of likely N-dealkylation sites (N-methyl/N-ethyl adjacent to an activating group) is 1. The minimum Gasteiger partial charge on any atom is -0.466 e. The van der Waals surface area contributed by atoms with Crippen LogP contribution in [0.2, 0.25) is 0 Å². The minimum atomic E-state index is -1.24. The molecular formula is C22H32NO12+. The Labute approximate surface area is 203 Å². The molecule has 1 atom stereocenters. The maximum absolute atomic E-state index is 12.5. The van der Waals surface area contributed by atoms with Gasteiger partial charge in [0.05, 0.1) is 41.8 Å². The molecule has 0 rings (SSSR count). The van der Waals surface area contributed by atoms with E-state index in [1.165, 1.54) is 6.92 Å². The molecular weight excluding hydrogens is 470 g/mol. The van der Waals surface area contributed by atoms with Gasteiger partial charge in [0.2, 0.25) is 0 Å². The number of hydrogen-bond donors (Lipinski definition) is 0. The first-order chi connectivity index (χ1) is 16.2. The van der Waals surface area contributed by atoms with Gasteiger partial charge in [-0.3, -0.25) is 9.59 Å². The first-order valence-electron chi connectivity index (χ1n) is 10.3. The third kappa shape index (κ3) is 17.4. The molecule has 0 radical (unpaired) electrons. The molecule has 0 spiro atoms. The van der Waals surface area contributed by atoms with Gasteiger partial charge in [-0.1, -0.05) is 0 Å². The Bertz CT molecular complexity index is 783. The Morgan fingerprint density at radius 1 is 0.686 bits per heavy atom. The molecule has 0 fully saturated rings. The van der Waals surface area contributed by atoms with Crippen molar-refractivity contribution < 1.29 is 61.7 Å². The SMILES string of the molecule is COC(=O)/C=C/C(=O)OCC(COC(=O)/C=C/C(=O)OC)OC(=O)C[C@H](C[N+](C)(C)C)OC(C)=O. The molecule has 0 aliphatic carbocycles. The summed E-state index contributed by atoms with van der Waals surface area (Å²) in [5.74, 6) is -4.86. The van der Waals surface area contributed by atoms with E-state index in [-0.39, 0.29) is 6.42 Å². The van der Waals surface area contributed by atoms with Crippen LogP contribution in [-0.4, -0.2) is 108 Å². The summed E-state index contributed by atoms with van der Waals surface area (Å²) in [5, 5.41) is 0. The largest absolute Gasteiger partial charge is 0.466 e. The zero-order chi connectivity index (χ0) is 27.0. The lowest BCUT2D eigenvalue weighted by atomic mass is 10.2. The van der Waals surface area contributed by atoms with Crippen molar-refractivity contribution in [2.75, 3.05) is 55.1 Å². The van der Waals surface area contributed by atoms with Crippen molar-refractivity contribution in [3.05, 3.63) is 24.3 Å². The topological polar surface area (TPSA) is 158 Å². The van der Waals surface area contributed by atoms with Crippen molar-refractivity contribution in [3.63, 3.8) is 0 Å². The summed E-state index contributed by atoms with van der Waals surface area (Å²) in [6.07, 6.45) is 0.914. The lowest BCUT2D eigenvalue weighted by Gasteiger charge is -2.28. The van der Waals surface area contributed by atoms with Crippen LogP contribution in [-0.2, 0) is 57.2 Å². The first-order valence-corrected chi connectivity index (χ1v) is 10.3. The Kier molecular flexibility index (Phi) is 14.3. The van der Waals surface area contributed by atoms with E-state index < -0.39 is 61.2 Å². The molecule has 13 heteroatoms. The van der Waals surface area contributed by atoms with Crippen LogP contribution in [0.15, 0.2) is 24.3 Å². The van der Waals surface area contributed by atoms with Crippen LogP contribution >= 0.6 is 0 Å². The molecule has 0 N–H and O–H groups in total. The van der Waals surface area contributed by atoms with Crippen LogP contribution in [0.5, 0.6) is 0 Å². The molecule has 0 heterocycles. The standard InChI is InChI=1S/C22H32NO12/c1-15(24)34-16(12-23(2,3)4)11-22(29)35-17(13-32-20(27)9-7-18(25)30-5)14-33-21(28)10-8-19(26)31-6/h7-10,16-17H,11-14H2,1-6H3/q+1/b9-7+,10-8+/t16-/m1/s1. The highest BCUT2D eigenvalue weighted by Gasteiger charge is 2.27. The van der Waals surface area contributed by atoms with Gasteiger partial charge in [-0.25, -0.2) is 19.2 Å². The molecule has 13 nitrogen and oxygen atoms in total. The number of methoxy groups -OCH3 is 2. The number of esters is 6. The highest BCUT2D eigenvalue weighted by molar-refractivity contribution is 5.92. The van der Waals surface area contributed by atoms with Crippen LogP contribution in [0, 0.1) is 0 Å². The van der Waals surface area contributed by atoms with Gasteiger partial charge in [0.15, 0.2) is 12.2 Å². The van der Waals surface area contributed by atoms with Gasteiger partial charge < -0.3 is 32.9 Å². The zero-order valence-corrected chi connectivity index (χ0v) is 20.6. The Hall–Kier alpha value is -3.74. The highest BCUT2D eigenvalue weighted by atomic mass is 16.6. The molecule has 0 saturated carbocycles. The molecule has 0 aromatic heterocycles. The smallest absolute Gasteiger partial charge is 0.331 e. The van der Waals surface area contributed by atoms with Crippen LogP contribution < -0.4 is 0 Å². The molecule has 196 valence electrons. The number of carbonyl (C=O) groups is 6. The Morgan fingerprint density at radius 2 is 1.11 bits per heavy atom. The second kappa shape index (κ2) is 16.0. The summed E-state index contributed by atoms with van der Waals surface area (Å²) in [6.45, 7) is 0.453. The normalized spacial score (nSPS) is 12.2. The van der Waals surface area contributed by atoms with Gasteiger partial charge in [-0.2, -0.15) is 0 Å². The summed E-state index contributed by atoms with van der Waals surface area (Å²) >= 11 is 0. The number of rotatable bonds is 14. The summed E-state index contributed by atoms with van der Waals surface area (Å²) in [7, 11) is 7.77. The van der Waals surface area contributed by atoms with E-state index in [1.54, 1.807) is 0 Å². The quantitative estimate of drug-likeness (QED) is 0.130. The predicted octanol–water partition coefficient (Wildman–Crippen LogP) is -0.529. The van der Waals surface area contributed by atoms with Crippen molar-refractivity contribution in [3.8, 4) is 0 Å². The van der Waals surface area contributed by atoms with E-state index in [0.717, 1.165) is 38.5 Å². The third-order valence-electron chi connectivity index (χ3n) is 3.71. The van der Waals surface area contributed by atoms with Gasteiger partial charge in [0.25, 0.3) is 0 Å². The highest BCUT2D eigenvalue weighted by Crippen LogP contribution is 2.09. The average molecular weight is 502 g/mol. The van der Waals surface area contributed by atoms with E-state index in [9.17, 15) is 28.8 Å². The summed E-state index contributed by atoms with van der Waals surface area (Å²) < 4.78 is 29.4. The molecule has 0 aliphatic heterocycles. The van der Waals surface area contributed by atoms with E-state index in [1.807, 2.05) is 21.1 Å². The van der Waals surface area contributed by atoms with Gasteiger partial charge in [0, 0.05) is 31.2 Å². The van der Waals surface area contributed by atoms with Crippen LogP contribution in [0.3, 0.4) is 0 Å². The molecule has 0 aromatic carbocycles. The molecule has 0 amide bonds. The number of hydrogen-bond acceptors (Lipinski definition) is 12. The van der Waals surface area contributed by atoms with Crippen LogP contribution in [0.4, 0.5) is 0 Å². The fourth-order valence-electron chi connectivity index (χ4n) is 2.38. The number of nitrogens with zero attached hydrogens (tertiary/aromatic N) is 1. The Morgan fingerprint density at radius 3 is 1.49 bits per heavy atom. The van der Waals surface area contributed by atoms with Crippen molar-refractivity contribution in [1.29, 1.82) is 0 Å². The number of ether oxygens (including phenoxy) is 6. The van der Waals surface area contributed by atoms with Crippen molar-refractivity contribution in [2.45, 2.75) is 25.6 Å². The van der Waals surface area contributed by atoms with Gasteiger partial charge in [-0.05, 0) is 0 Å². The molecule has 0 unspecified atom stereocenters. The monoisotopic (exact) mass is 502 g/mol. The van der Waals surface area contributed by atoms with Gasteiger partial charge in [0.1, 0.15) is 19.8 Å². The van der Waals surface area contributed by atoms with Crippen molar-refractivity contribution in [1.82, 2.24) is 0 Å². The molecule has 35 heavy (non-hydrogen) atoms. The van der Waals surface area contributed by atoms with Crippen LogP contribution in [0.25, 0.3) is 0 Å². The minimum absolute atomic E-state index is 0.306. The van der Waals surface area contributed by atoms with Crippen LogP contribution in [0.1, 0.15) is 13.3 Å². The average Bonchev–Trinajstić information content (AvgIpc) is 2.75. The van der Waals surface area contributed by atoms with E-state index in [4.69, 9.17) is 18.9 Å². The fourth-order valence-corrected chi connectivity index (χ4v) is 2.38. The fraction of sp³-hybridized carbons (Fsp3) is 0.545. The first kappa shape index (κ1) is 31.3. The van der Waals surface area contributed by atoms with Gasteiger partial charge >= 0.3 is 35.8 Å². The second-order valence-corrected chi connectivity index (χ2v) is 7.99. The lowest BCUT2D eigenvalue weighted by Crippen LogP contribution is -2.44. The maximum Gasteiger partial charge on any atom is 0.331 e. The van der Waals surface area contributed by atoms with E-state index >= 15 is 0 Å². The molecule has 0 saturated heterocycles. The summed E-state index contributed by atoms with van der Waals surface area (Å²) in [4.78, 5) is 69.5. The lowest BCUT2D eigenvalue weighted by molar-refractivity contribution is -0.873. The predicted molar refractivity (Wildman–Crippen MR) is 117 cm³/mol. The second-order valence-electron chi connectivity index (χ2n) is 7.99.